The molecule has 20 heavy (non-hydrogen) atoms. The van der Waals surface area contributed by atoms with Crippen molar-refractivity contribution in [2.45, 2.75) is 12.8 Å². The largest absolute Gasteiger partial charge is 0.468 e. The summed E-state index contributed by atoms with van der Waals surface area (Å²) in [7, 11) is 2.53. The first-order valence-corrected chi connectivity index (χ1v) is 6.31. The molecule has 0 radical (unpaired) electrons. The molecule has 0 fully saturated rings. The number of carbonyl (C=O) groups is 2. The zero-order valence-electron chi connectivity index (χ0n) is 11.7. The molecule has 0 saturated carbocycles. The van der Waals surface area contributed by atoms with Crippen LogP contribution < -0.4 is 0 Å². The molecule has 106 valence electrons. The van der Waals surface area contributed by atoms with Crippen molar-refractivity contribution in [2.75, 3.05) is 14.2 Å². The van der Waals surface area contributed by atoms with E-state index in [2.05, 4.69) is 4.98 Å². The summed E-state index contributed by atoms with van der Waals surface area (Å²) in [5, 5.41) is 0.984. The van der Waals surface area contributed by atoms with E-state index in [1.54, 1.807) is 0 Å². The van der Waals surface area contributed by atoms with Crippen molar-refractivity contribution in [3.05, 3.63) is 36.0 Å². The Labute approximate surface area is 116 Å². The fourth-order valence-corrected chi connectivity index (χ4v) is 2.41. The highest BCUT2D eigenvalue weighted by Crippen LogP contribution is 2.31. The third-order valence-corrected chi connectivity index (χ3v) is 3.52. The third kappa shape index (κ3) is 2.39. The number of methoxy groups -OCH3 is 2. The van der Waals surface area contributed by atoms with Gasteiger partial charge in [-0.25, -0.2) is 0 Å². The molecule has 0 spiro atoms. The summed E-state index contributed by atoms with van der Waals surface area (Å²) in [6.45, 7) is 1.81. The van der Waals surface area contributed by atoms with Crippen molar-refractivity contribution in [3.8, 4) is 0 Å². The molecule has 0 saturated heterocycles. The number of benzene rings is 1. The number of H-pyrrole nitrogens is 1. The Hall–Kier alpha value is -2.30. The number of aromatic nitrogens is 1. The Balaban J connectivity index is 2.43. The number of carbonyl (C=O) groups excluding carboxylic acids is 2. The van der Waals surface area contributed by atoms with Gasteiger partial charge in [-0.05, 0) is 11.6 Å². The van der Waals surface area contributed by atoms with Crippen molar-refractivity contribution in [3.63, 3.8) is 0 Å². The summed E-state index contributed by atoms with van der Waals surface area (Å²) in [5.41, 5.74) is 1.85. The Kier molecular flexibility index (Phi) is 4.08. The van der Waals surface area contributed by atoms with E-state index in [0.29, 0.717) is 0 Å². The van der Waals surface area contributed by atoms with Crippen LogP contribution in [-0.4, -0.2) is 31.1 Å². The molecule has 0 unspecified atom stereocenters. The molecule has 0 aliphatic rings. The highest BCUT2D eigenvalue weighted by atomic mass is 16.5. The molecular formula is C15H17NO4. The average Bonchev–Trinajstić information content (AvgIpc) is 2.90. The number of rotatable bonds is 4. The van der Waals surface area contributed by atoms with Crippen LogP contribution >= 0.6 is 0 Å². The van der Waals surface area contributed by atoms with Crippen molar-refractivity contribution >= 4 is 22.8 Å². The average molecular weight is 275 g/mol. The lowest BCUT2D eigenvalue weighted by atomic mass is 9.87. The van der Waals surface area contributed by atoms with Crippen LogP contribution in [-0.2, 0) is 19.1 Å². The predicted molar refractivity (Wildman–Crippen MR) is 74.2 cm³/mol. The van der Waals surface area contributed by atoms with Gasteiger partial charge in [0, 0.05) is 23.0 Å². The van der Waals surface area contributed by atoms with E-state index in [-0.39, 0.29) is 5.92 Å². The standard InChI is InChI=1S/C15H17NO4/c1-9(13(14(17)19-2)15(18)20-3)11-8-16-12-7-5-4-6-10(11)12/h4-9,13,16H,1-3H3/t9-/m0/s1. The van der Waals surface area contributed by atoms with Crippen LogP contribution in [0.5, 0.6) is 0 Å². The van der Waals surface area contributed by atoms with E-state index in [9.17, 15) is 9.59 Å². The van der Waals surface area contributed by atoms with Gasteiger partial charge >= 0.3 is 11.9 Å². The second kappa shape index (κ2) is 5.77. The lowest BCUT2D eigenvalue weighted by Crippen LogP contribution is -2.31. The number of aromatic amines is 1. The lowest BCUT2D eigenvalue weighted by Gasteiger charge is -2.19. The van der Waals surface area contributed by atoms with Gasteiger partial charge in [-0.3, -0.25) is 9.59 Å². The van der Waals surface area contributed by atoms with Crippen molar-refractivity contribution in [1.29, 1.82) is 0 Å². The summed E-state index contributed by atoms with van der Waals surface area (Å²) in [6.07, 6.45) is 1.81. The van der Waals surface area contributed by atoms with E-state index in [1.165, 1.54) is 14.2 Å². The maximum Gasteiger partial charge on any atom is 0.320 e. The maximum atomic E-state index is 11.9. The Bertz CT molecular complexity index is 616. The van der Waals surface area contributed by atoms with Crippen LogP contribution in [0.4, 0.5) is 0 Å². The molecule has 0 amide bonds. The number of esters is 2. The molecule has 1 aromatic carbocycles. The van der Waals surface area contributed by atoms with Crippen molar-refractivity contribution in [1.82, 2.24) is 4.98 Å². The fourth-order valence-electron chi connectivity index (χ4n) is 2.41. The van der Waals surface area contributed by atoms with E-state index in [4.69, 9.17) is 9.47 Å². The summed E-state index contributed by atoms with van der Waals surface area (Å²) in [6, 6.07) is 7.73. The summed E-state index contributed by atoms with van der Waals surface area (Å²) in [5.74, 6) is -2.49. The second-order valence-corrected chi connectivity index (χ2v) is 4.60. The highest BCUT2D eigenvalue weighted by molar-refractivity contribution is 5.97. The van der Waals surface area contributed by atoms with Crippen molar-refractivity contribution < 1.29 is 19.1 Å². The quantitative estimate of drug-likeness (QED) is 0.686. The number of nitrogens with one attached hydrogen (secondary N) is 1. The number of fused-ring (bicyclic) bond motifs is 1. The highest BCUT2D eigenvalue weighted by Gasteiger charge is 2.36. The molecule has 1 aromatic heterocycles. The molecule has 2 rings (SSSR count). The molecule has 5 heteroatoms. The van der Waals surface area contributed by atoms with Crippen LogP contribution in [0.2, 0.25) is 0 Å². The van der Waals surface area contributed by atoms with Gasteiger partial charge in [0.15, 0.2) is 5.92 Å². The van der Waals surface area contributed by atoms with Crippen LogP contribution in [0.25, 0.3) is 10.9 Å². The van der Waals surface area contributed by atoms with Gasteiger partial charge in [0.2, 0.25) is 0 Å². The van der Waals surface area contributed by atoms with E-state index < -0.39 is 17.9 Å². The third-order valence-electron chi connectivity index (χ3n) is 3.52. The Morgan fingerprint density at radius 2 is 1.70 bits per heavy atom. The molecule has 5 nitrogen and oxygen atoms in total. The van der Waals surface area contributed by atoms with Crippen LogP contribution in [0.3, 0.4) is 0 Å². The fraction of sp³-hybridized carbons (Fsp3) is 0.333. The molecular weight excluding hydrogens is 258 g/mol. The minimum atomic E-state index is -0.968. The first kappa shape index (κ1) is 14.1. The molecule has 1 N–H and O–H groups in total. The lowest BCUT2D eigenvalue weighted by molar-refractivity contribution is -0.159. The van der Waals surface area contributed by atoms with Gasteiger partial charge in [-0.15, -0.1) is 0 Å². The SMILES string of the molecule is COC(=O)C(C(=O)OC)[C@@H](C)c1c[nH]c2ccccc12. The number of hydrogen-bond donors (Lipinski definition) is 1. The van der Waals surface area contributed by atoms with Crippen molar-refractivity contribution in [2.24, 2.45) is 5.92 Å². The molecule has 1 atom stereocenters. The smallest absolute Gasteiger partial charge is 0.320 e. The van der Waals surface area contributed by atoms with E-state index >= 15 is 0 Å². The van der Waals surface area contributed by atoms with Crippen LogP contribution in [0.15, 0.2) is 30.5 Å². The minimum absolute atomic E-state index is 0.342. The van der Waals surface area contributed by atoms with Gasteiger partial charge in [0.25, 0.3) is 0 Å². The topological polar surface area (TPSA) is 68.4 Å². The van der Waals surface area contributed by atoms with Gasteiger partial charge in [0.05, 0.1) is 14.2 Å². The molecule has 0 aliphatic carbocycles. The normalized spacial score (nSPS) is 12.4. The van der Waals surface area contributed by atoms with Gasteiger partial charge in [0.1, 0.15) is 0 Å². The molecule has 0 aliphatic heterocycles. The second-order valence-electron chi connectivity index (χ2n) is 4.60. The van der Waals surface area contributed by atoms with Gasteiger partial charge in [-0.1, -0.05) is 25.1 Å². The zero-order valence-corrected chi connectivity index (χ0v) is 11.7. The first-order chi connectivity index (χ1) is 9.60. The van der Waals surface area contributed by atoms with Gasteiger partial charge < -0.3 is 14.5 Å². The first-order valence-electron chi connectivity index (χ1n) is 6.31. The predicted octanol–water partition coefficient (Wildman–Crippen LogP) is 2.23. The summed E-state index contributed by atoms with van der Waals surface area (Å²) >= 11 is 0. The zero-order chi connectivity index (χ0) is 14.7. The number of hydrogen-bond acceptors (Lipinski definition) is 4. The Morgan fingerprint density at radius 1 is 1.10 bits per heavy atom. The van der Waals surface area contributed by atoms with E-state index in [0.717, 1.165) is 16.5 Å². The number of ether oxygens (including phenoxy) is 2. The Morgan fingerprint density at radius 3 is 2.30 bits per heavy atom. The summed E-state index contributed by atoms with van der Waals surface area (Å²) < 4.78 is 9.43. The van der Waals surface area contributed by atoms with Crippen LogP contribution in [0.1, 0.15) is 18.4 Å². The summed E-state index contributed by atoms with van der Waals surface area (Å²) in [4.78, 5) is 26.8. The molecule has 1 heterocycles. The monoisotopic (exact) mass is 275 g/mol. The van der Waals surface area contributed by atoms with E-state index in [1.807, 2.05) is 37.4 Å². The molecule has 2 aromatic rings. The number of para-hydroxylation sites is 1. The van der Waals surface area contributed by atoms with Crippen LogP contribution in [0, 0.1) is 5.92 Å². The van der Waals surface area contributed by atoms with Gasteiger partial charge in [-0.2, -0.15) is 0 Å². The maximum absolute atomic E-state index is 11.9. The molecule has 0 bridgehead atoms. The minimum Gasteiger partial charge on any atom is -0.468 e.